The number of ether oxygens (including phenoxy) is 1. The van der Waals surface area contributed by atoms with E-state index in [2.05, 4.69) is 12.2 Å². The first-order valence-corrected chi connectivity index (χ1v) is 7.77. The molecule has 1 aliphatic rings. The van der Waals surface area contributed by atoms with Crippen molar-refractivity contribution < 1.29 is 13.9 Å². The van der Waals surface area contributed by atoms with E-state index in [0.29, 0.717) is 29.0 Å². The fourth-order valence-corrected chi connectivity index (χ4v) is 2.53. The van der Waals surface area contributed by atoms with Crippen molar-refractivity contribution in [2.24, 2.45) is 5.92 Å². The summed E-state index contributed by atoms with van der Waals surface area (Å²) in [5, 5.41) is 11.9. The number of amides is 1. The van der Waals surface area contributed by atoms with E-state index >= 15 is 0 Å². The number of benzene rings is 1. The molecule has 1 saturated carbocycles. The topological polar surface area (TPSA) is 75.3 Å². The molecule has 1 fully saturated rings. The Hall–Kier alpha value is -3.00. The zero-order valence-corrected chi connectivity index (χ0v) is 13.6. The molecule has 1 aliphatic carbocycles. The van der Waals surface area contributed by atoms with Crippen molar-refractivity contribution in [1.82, 2.24) is 0 Å². The van der Waals surface area contributed by atoms with Gasteiger partial charge < -0.3 is 14.5 Å². The molecule has 1 aromatic heterocycles. The largest absolute Gasteiger partial charge is 0.497 e. The number of anilines is 1. The van der Waals surface area contributed by atoms with Crippen LogP contribution in [0.5, 0.6) is 5.75 Å². The van der Waals surface area contributed by atoms with Crippen molar-refractivity contribution in [3.8, 4) is 11.8 Å². The Morgan fingerprint density at radius 3 is 2.62 bits per heavy atom. The number of nitriles is 1. The number of nitrogens with one attached hydrogen (secondary N) is 1. The molecule has 0 spiro atoms. The van der Waals surface area contributed by atoms with Crippen LogP contribution in [0.2, 0.25) is 0 Å². The maximum Gasteiger partial charge on any atom is 0.266 e. The van der Waals surface area contributed by atoms with Crippen LogP contribution < -0.4 is 10.1 Å². The molecule has 1 heterocycles. The van der Waals surface area contributed by atoms with Gasteiger partial charge in [-0.05, 0) is 48.7 Å². The van der Waals surface area contributed by atoms with Gasteiger partial charge in [0.2, 0.25) is 0 Å². The molecule has 2 unspecified atom stereocenters. The van der Waals surface area contributed by atoms with Crippen LogP contribution in [0.15, 0.2) is 46.4 Å². The molecule has 1 aromatic carbocycles. The number of hydrogen-bond acceptors (Lipinski definition) is 4. The van der Waals surface area contributed by atoms with Crippen LogP contribution in [0.3, 0.4) is 0 Å². The number of carbonyl (C=O) groups is 1. The average molecular weight is 322 g/mol. The second kappa shape index (κ2) is 6.63. The molecular formula is C19H18N2O3. The number of methoxy groups -OCH3 is 1. The molecule has 0 bridgehead atoms. The van der Waals surface area contributed by atoms with E-state index in [9.17, 15) is 10.1 Å². The van der Waals surface area contributed by atoms with Crippen LogP contribution in [0.25, 0.3) is 6.08 Å². The van der Waals surface area contributed by atoms with E-state index in [-0.39, 0.29) is 5.57 Å². The molecular weight excluding hydrogens is 304 g/mol. The van der Waals surface area contributed by atoms with Gasteiger partial charge in [0.05, 0.1) is 7.11 Å². The van der Waals surface area contributed by atoms with E-state index in [1.54, 1.807) is 37.4 Å². The molecule has 0 aliphatic heterocycles. The maximum absolute atomic E-state index is 12.2. The molecule has 1 N–H and O–H groups in total. The lowest BCUT2D eigenvalue weighted by molar-refractivity contribution is -0.112. The highest BCUT2D eigenvalue weighted by molar-refractivity contribution is 6.09. The second-order valence-corrected chi connectivity index (χ2v) is 5.91. The molecule has 5 nitrogen and oxygen atoms in total. The first-order valence-electron chi connectivity index (χ1n) is 7.77. The van der Waals surface area contributed by atoms with Crippen molar-refractivity contribution in [3.63, 3.8) is 0 Å². The molecule has 5 heteroatoms. The van der Waals surface area contributed by atoms with Crippen molar-refractivity contribution in [2.75, 3.05) is 12.4 Å². The van der Waals surface area contributed by atoms with Gasteiger partial charge in [0.1, 0.15) is 28.9 Å². The van der Waals surface area contributed by atoms with Gasteiger partial charge in [-0.1, -0.05) is 6.92 Å². The maximum atomic E-state index is 12.2. The van der Waals surface area contributed by atoms with Crippen LogP contribution in [-0.4, -0.2) is 13.0 Å². The third-order valence-electron chi connectivity index (χ3n) is 4.12. The molecule has 1 amide bonds. The van der Waals surface area contributed by atoms with Crippen LogP contribution >= 0.6 is 0 Å². The van der Waals surface area contributed by atoms with Crippen LogP contribution in [0.4, 0.5) is 5.69 Å². The Balaban J connectivity index is 1.71. The number of rotatable bonds is 5. The van der Waals surface area contributed by atoms with Gasteiger partial charge in [-0.3, -0.25) is 4.79 Å². The van der Waals surface area contributed by atoms with E-state index < -0.39 is 5.91 Å². The van der Waals surface area contributed by atoms with Gasteiger partial charge in [0, 0.05) is 17.7 Å². The predicted octanol–water partition coefficient (Wildman–Crippen LogP) is 3.96. The number of hydrogen-bond donors (Lipinski definition) is 1. The summed E-state index contributed by atoms with van der Waals surface area (Å²) in [5.41, 5.74) is 0.587. The Bertz CT molecular complexity index is 812. The average Bonchev–Trinajstić information content (AvgIpc) is 3.14. The summed E-state index contributed by atoms with van der Waals surface area (Å²) in [6, 6.07) is 12.5. The molecule has 24 heavy (non-hydrogen) atoms. The minimum Gasteiger partial charge on any atom is -0.497 e. The summed E-state index contributed by atoms with van der Waals surface area (Å²) in [7, 11) is 1.57. The van der Waals surface area contributed by atoms with Crippen molar-refractivity contribution in [1.29, 1.82) is 5.26 Å². The summed E-state index contributed by atoms with van der Waals surface area (Å²) in [6.07, 6.45) is 2.59. The normalized spacial score (nSPS) is 19.5. The third kappa shape index (κ3) is 3.49. The highest BCUT2D eigenvalue weighted by Gasteiger charge is 2.36. The molecule has 0 saturated heterocycles. The van der Waals surface area contributed by atoms with Crippen molar-refractivity contribution >= 4 is 17.7 Å². The minimum atomic E-state index is -0.472. The number of nitrogens with zero attached hydrogens (tertiary/aromatic N) is 1. The zero-order valence-electron chi connectivity index (χ0n) is 13.6. The number of carbonyl (C=O) groups excluding carboxylic acids is 1. The highest BCUT2D eigenvalue weighted by atomic mass is 16.5. The summed E-state index contributed by atoms with van der Waals surface area (Å²) in [4.78, 5) is 12.2. The van der Waals surface area contributed by atoms with Gasteiger partial charge in [-0.25, -0.2) is 0 Å². The molecule has 2 atom stereocenters. The fourth-order valence-electron chi connectivity index (χ4n) is 2.53. The van der Waals surface area contributed by atoms with Crippen LogP contribution in [0, 0.1) is 17.2 Å². The van der Waals surface area contributed by atoms with Gasteiger partial charge in [0.25, 0.3) is 5.91 Å². The Kier molecular flexibility index (Phi) is 4.39. The third-order valence-corrected chi connectivity index (χ3v) is 4.12. The fraction of sp³-hybridized carbons (Fsp3) is 0.263. The second-order valence-electron chi connectivity index (χ2n) is 5.91. The molecule has 122 valence electrons. The van der Waals surface area contributed by atoms with Crippen molar-refractivity contribution in [3.05, 3.63) is 53.5 Å². The van der Waals surface area contributed by atoms with E-state index in [4.69, 9.17) is 9.15 Å². The van der Waals surface area contributed by atoms with Gasteiger partial charge >= 0.3 is 0 Å². The lowest BCUT2D eigenvalue weighted by atomic mass is 10.2. The summed E-state index contributed by atoms with van der Waals surface area (Å²) < 4.78 is 10.8. The molecule has 3 rings (SSSR count). The van der Waals surface area contributed by atoms with Crippen molar-refractivity contribution in [2.45, 2.75) is 19.3 Å². The Morgan fingerprint density at radius 1 is 1.33 bits per heavy atom. The standard InChI is InChI=1S/C19H18N2O3/c1-12-9-17(12)18-8-7-16(24-18)10-13(11-20)19(22)21-14-3-5-15(23-2)6-4-14/h3-8,10,12,17H,9H2,1-2H3,(H,21,22)/b13-10+. The first-order chi connectivity index (χ1) is 11.6. The lowest BCUT2D eigenvalue weighted by Crippen LogP contribution is -2.13. The summed E-state index contributed by atoms with van der Waals surface area (Å²) >= 11 is 0. The SMILES string of the molecule is COc1ccc(NC(=O)/C(C#N)=C/c2ccc(C3CC3C)o2)cc1. The van der Waals surface area contributed by atoms with E-state index in [1.807, 2.05) is 12.1 Å². The van der Waals surface area contributed by atoms with Crippen LogP contribution in [0.1, 0.15) is 30.8 Å². The number of furan rings is 1. The summed E-state index contributed by atoms with van der Waals surface area (Å²) in [6.45, 7) is 2.17. The summed E-state index contributed by atoms with van der Waals surface area (Å²) in [5.74, 6) is 2.77. The van der Waals surface area contributed by atoms with Gasteiger partial charge in [-0.15, -0.1) is 0 Å². The predicted molar refractivity (Wildman–Crippen MR) is 90.4 cm³/mol. The lowest BCUT2D eigenvalue weighted by Gasteiger charge is -2.05. The Labute approximate surface area is 140 Å². The van der Waals surface area contributed by atoms with Crippen LogP contribution in [-0.2, 0) is 4.79 Å². The molecule has 0 radical (unpaired) electrons. The smallest absolute Gasteiger partial charge is 0.266 e. The monoisotopic (exact) mass is 322 g/mol. The Morgan fingerprint density at radius 2 is 2.04 bits per heavy atom. The highest BCUT2D eigenvalue weighted by Crippen LogP contribution is 2.47. The molecule has 2 aromatic rings. The van der Waals surface area contributed by atoms with Gasteiger partial charge in [-0.2, -0.15) is 5.26 Å². The zero-order chi connectivity index (χ0) is 17.1. The first kappa shape index (κ1) is 15.9. The minimum absolute atomic E-state index is 0.00411. The van der Waals surface area contributed by atoms with Gasteiger partial charge in [0.15, 0.2) is 0 Å². The van der Waals surface area contributed by atoms with E-state index in [1.165, 1.54) is 6.08 Å². The quantitative estimate of drug-likeness (QED) is 0.668. The van der Waals surface area contributed by atoms with E-state index in [0.717, 1.165) is 12.2 Å².